The average molecular weight is 341 g/mol. The third-order valence-electron chi connectivity index (χ3n) is 4.20. The summed E-state index contributed by atoms with van der Waals surface area (Å²) in [6, 6.07) is 8.96. The lowest BCUT2D eigenvalue weighted by molar-refractivity contribution is -0.126. The van der Waals surface area contributed by atoms with Gasteiger partial charge in [-0.25, -0.2) is 4.98 Å². The summed E-state index contributed by atoms with van der Waals surface area (Å²) < 4.78 is 0. The lowest BCUT2D eigenvalue weighted by Crippen LogP contribution is -2.46. The summed E-state index contributed by atoms with van der Waals surface area (Å²) in [5, 5.41) is 4.76. The molecule has 0 unspecified atom stereocenters. The average Bonchev–Trinajstić information content (AvgIpc) is 3.18. The van der Waals surface area contributed by atoms with Gasteiger partial charge in [0.05, 0.1) is 6.42 Å². The van der Waals surface area contributed by atoms with Gasteiger partial charge < -0.3 is 4.90 Å². The molecule has 0 spiro atoms. The Kier molecular flexibility index (Phi) is 3.65. The molecule has 6 nitrogen and oxygen atoms in total. The Morgan fingerprint density at radius 1 is 1.21 bits per heavy atom. The van der Waals surface area contributed by atoms with Crippen LogP contribution in [0.4, 0.5) is 0 Å². The Bertz CT molecular complexity index is 813. The minimum absolute atomic E-state index is 0.0287. The number of hydrogen-bond donors (Lipinski definition) is 1. The molecule has 1 aliphatic heterocycles. The third kappa shape index (κ3) is 2.71. The molecule has 3 amide bonds. The first-order valence-corrected chi connectivity index (χ1v) is 8.69. The fourth-order valence-electron chi connectivity index (χ4n) is 2.90. The van der Waals surface area contributed by atoms with Crippen molar-refractivity contribution in [2.24, 2.45) is 0 Å². The fourth-order valence-corrected chi connectivity index (χ4v) is 3.70. The minimum atomic E-state index is -0.709. The van der Waals surface area contributed by atoms with Crippen molar-refractivity contribution in [3.05, 3.63) is 41.4 Å². The van der Waals surface area contributed by atoms with E-state index in [0.29, 0.717) is 5.69 Å². The quantitative estimate of drug-likeness (QED) is 0.861. The van der Waals surface area contributed by atoms with Crippen molar-refractivity contribution in [3.63, 3.8) is 0 Å². The summed E-state index contributed by atoms with van der Waals surface area (Å²) in [6.45, 7) is 0. The summed E-state index contributed by atoms with van der Waals surface area (Å²) in [7, 11) is 0. The molecule has 0 bridgehead atoms. The van der Waals surface area contributed by atoms with Gasteiger partial charge in [-0.2, -0.15) is 0 Å². The van der Waals surface area contributed by atoms with Crippen molar-refractivity contribution < 1.29 is 14.4 Å². The highest BCUT2D eigenvalue weighted by Gasteiger charge is 2.45. The van der Waals surface area contributed by atoms with Crippen LogP contribution in [0.3, 0.4) is 0 Å². The highest BCUT2D eigenvalue weighted by Crippen LogP contribution is 2.33. The molecule has 1 aromatic heterocycles. The molecule has 1 saturated heterocycles. The van der Waals surface area contributed by atoms with Crippen molar-refractivity contribution >= 4 is 29.1 Å². The molecule has 1 atom stereocenters. The lowest BCUT2D eigenvalue weighted by Gasteiger charge is -2.25. The van der Waals surface area contributed by atoms with Crippen LogP contribution >= 0.6 is 11.3 Å². The van der Waals surface area contributed by atoms with Crippen LogP contribution in [0.2, 0.25) is 0 Å². The Labute approximate surface area is 142 Å². The van der Waals surface area contributed by atoms with Gasteiger partial charge >= 0.3 is 0 Å². The van der Waals surface area contributed by atoms with Gasteiger partial charge in [-0.15, -0.1) is 11.3 Å². The second-order valence-electron chi connectivity index (χ2n) is 5.98. The van der Waals surface area contributed by atoms with Crippen molar-refractivity contribution in [2.45, 2.75) is 31.3 Å². The normalized spacial score (nSPS) is 20.1. The minimum Gasteiger partial charge on any atom is -0.322 e. The molecule has 122 valence electrons. The molecular formula is C17H15N3O3S. The van der Waals surface area contributed by atoms with Gasteiger partial charge in [0, 0.05) is 17.0 Å². The third-order valence-corrected chi connectivity index (χ3v) is 5.09. The summed E-state index contributed by atoms with van der Waals surface area (Å²) >= 11 is 1.40. The summed E-state index contributed by atoms with van der Waals surface area (Å²) in [5.41, 5.74) is 1.28. The van der Waals surface area contributed by atoms with E-state index in [-0.39, 0.29) is 24.3 Å². The molecule has 2 fully saturated rings. The van der Waals surface area contributed by atoms with Crippen LogP contribution in [0.25, 0.3) is 10.6 Å². The van der Waals surface area contributed by atoms with E-state index in [0.717, 1.165) is 23.4 Å². The SMILES string of the molecule is O=C1C[C@@H](N(C(=O)c2csc(-c3ccccc3)n2)C2CC2)C(=O)N1. The van der Waals surface area contributed by atoms with Crippen LogP contribution in [0.1, 0.15) is 29.8 Å². The van der Waals surface area contributed by atoms with Gasteiger partial charge in [-0.3, -0.25) is 19.7 Å². The van der Waals surface area contributed by atoms with Gasteiger partial charge in [-0.05, 0) is 12.8 Å². The van der Waals surface area contributed by atoms with E-state index >= 15 is 0 Å². The number of nitrogens with zero attached hydrogens (tertiary/aromatic N) is 2. The number of nitrogens with one attached hydrogen (secondary N) is 1. The molecule has 0 radical (unpaired) electrons. The van der Waals surface area contributed by atoms with Crippen LogP contribution < -0.4 is 5.32 Å². The van der Waals surface area contributed by atoms with Crippen molar-refractivity contribution in [1.82, 2.24) is 15.2 Å². The van der Waals surface area contributed by atoms with Gasteiger partial charge in [-0.1, -0.05) is 30.3 Å². The molecule has 2 aliphatic rings. The molecule has 1 saturated carbocycles. The molecule has 24 heavy (non-hydrogen) atoms. The number of aromatic nitrogens is 1. The molecule has 1 aliphatic carbocycles. The number of imide groups is 1. The first-order valence-electron chi connectivity index (χ1n) is 7.81. The zero-order valence-corrected chi connectivity index (χ0v) is 13.6. The van der Waals surface area contributed by atoms with E-state index in [9.17, 15) is 14.4 Å². The standard InChI is InChI=1S/C17H15N3O3S/c21-14-8-13(15(22)19-14)20(11-6-7-11)17(23)12-9-24-16(18-12)10-4-2-1-3-5-10/h1-5,9,11,13H,6-8H2,(H,19,21,22)/t13-/m1/s1. The maximum atomic E-state index is 12.9. The maximum Gasteiger partial charge on any atom is 0.274 e. The van der Waals surface area contributed by atoms with E-state index in [1.54, 1.807) is 10.3 Å². The number of benzene rings is 1. The second-order valence-corrected chi connectivity index (χ2v) is 6.84. The smallest absolute Gasteiger partial charge is 0.274 e. The Hall–Kier alpha value is -2.54. The first-order chi connectivity index (χ1) is 11.6. The van der Waals surface area contributed by atoms with E-state index in [2.05, 4.69) is 10.3 Å². The van der Waals surface area contributed by atoms with E-state index in [4.69, 9.17) is 0 Å². The predicted molar refractivity (Wildman–Crippen MR) is 88.3 cm³/mol. The van der Waals surface area contributed by atoms with E-state index in [1.807, 2.05) is 30.3 Å². The molecule has 1 aromatic carbocycles. The van der Waals surface area contributed by atoms with Gasteiger partial charge in [0.2, 0.25) is 11.8 Å². The van der Waals surface area contributed by atoms with Crippen LogP contribution in [-0.2, 0) is 9.59 Å². The van der Waals surface area contributed by atoms with E-state index in [1.165, 1.54) is 11.3 Å². The number of amides is 3. The van der Waals surface area contributed by atoms with Crippen molar-refractivity contribution in [3.8, 4) is 10.6 Å². The van der Waals surface area contributed by atoms with Gasteiger partial charge in [0.1, 0.15) is 16.7 Å². The van der Waals surface area contributed by atoms with Crippen molar-refractivity contribution in [1.29, 1.82) is 0 Å². The largest absolute Gasteiger partial charge is 0.322 e. The molecule has 7 heteroatoms. The number of rotatable bonds is 4. The van der Waals surface area contributed by atoms with Crippen LogP contribution in [0.15, 0.2) is 35.7 Å². The number of hydrogen-bond acceptors (Lipinski definition) is 5. The highest BCUT2D eigenvalue weighted by molar-refractivity contribution is 7.13. The summed E-state index contributed by atoms with van der Waals surface area (Å²) in [5.74, 6) is -0.990. The monoisotopic (exact) mass is 341 g/mol. The number of carbonyl (C=O) groups is 3. The molecule has 4 rings (SSSR count). The second kappa shape index (κ2) is 5.83. The Morgan fingerprint density at radius 2 is 1.96 bits per heavy atom. The van der Waals surface area contributed by atoms with E-state index < -0.39 is 11.9 Å². The van der Waals surface area contributed by atoms with Crippen LogP contribution in [0.5, 0.6) is 0 Å². The first kappa shape index (κ1) is 15.0. The Morgan fingerprint density at radius 3 is 2.58 bits per heavy atom. The topological polar surface area (TPSA) is 79.4 Å². The molecular weight excluding hydrogens is 326 g/mol. The molecule has 2 heterocycles. The predicted octanol–water partition coefficient (Wildman–Crippen LogP) is 1.83. The Balaban J connectivity index is 1.61. The maximum absolute atomic E-state index is 12.9. The summed E-state index contributed by atoms with van der Waals surface area (Å²) in [6.07, 6.45) is 1.76. The lowest BCUT2D eigenvalue weighted by atomic mass is 10.2. The number of carbonyl (C=O) groups excluding carboxylic acids is 3. The zero-order chi connectivity index (χ0) is 16.7. The van der Waals surface area contributed by atoms with Crippen LogP contribution in [-0.4, -0.2) is 39.7 Å². The number of thiazole rings is 1. The van der Waals surface area contributed by atoms with Gasteiger partial charge in [0.25, 0.3) is 5.91 Å². The van der Waals surface area contributed by atoms with Crippen LogP contribution in [0, 0.1) is 0 Å². The molecule has 2 aromatic rings. The zero-order valence-electron chi connectivity index (χ0n) is 12.8. The highest BCUT2D eigenvalue weighted by atomic mass is 32.1. The summed E-state index contributed by atoms with van der Waals surface area (Å²) in [4.78, 5) is 42.3. The van der Waals surface area contributed by atoms with Crippen molar-refractivity contribution in [2.75, 3.05) is 0 Å². The fraction of sp³-hybridized carbons (Fsp3) is 0.294. The van der Waals surface area contributed by atoms with Gasteiger partial charge in [0.15, 0.2) is 0 Å². The molecule has 1 N–H and O–H groups in total.